The molecule has 1 aliphatic rings. The number of halogens is 1. The summed E-state index contributed by atoms with van der Waals surface area (Å²) in [5, 5.41) is 21.8. The van der Waals surface area contributed by atoms with E-state index in [0.29, 0.717) is 6.42 Å². The van der Waals surface area contributed by atoms with Gasteiger partial charge < -0.3 is 5.11 Å². The number of nitrogens with zero attached hydrogens (tertiary/aromatic N) is 1. The second kappa shape index (κ2) is 4.13. The van der Waals surface area contributed by atoms with Crippen molar-refractivity contribution in [2.75, 3.05) is 0 Å². The van der Waals surface area contributed by atoms with Crippen molar-refractivity contribution in [2.45, 2.75) is 51.6 Å². The third-order valence-electron chi connectivity index (χ3n) is 3.14. The van der Waals surface area contributed by atoms with Crippen molar-refractivity contribution in [1.29, 1.82) is 0 Å². The van der Waals surface area contributed by atoms with Gasteiger partial charge in [-0.2, -0.15) is 0 Å². The Kier molecular flexibility index (Phi) is 3.53. The topological polar surface area (TPSA) is 60.4 Å². The molecule has 0 fully saturated rings. The first-order valence-electron chi connectivity index (χ1n) is 5.20. The summed E-state index contributed by atoms with van der Waals surface area (Å²) in [6.45, 7) is 7.32. The van der Waals surface area contributed by atoms with Crippen LogP contribution in [0.25, 0.3) is 0 Å². The van der Waals surface area contributed by atoms with E-state index in [9.17, 15) is 10.0 Å². The van der Waals surface area contributed by atoms with Crippen molar-refractivity contribution in [2.24, 2.45) is 0 Å². The molecule has 1 heterocycles. The first kappa shape index (κ1) is 13.7. The van der Waals surface area contributed by atoms with Gasteiger partial charge in [0.05, 0.1) is 11.1 Å². The van der Waals surface area contributed by atoms with Crippen molar-refractivity contribution in [3.8, 4) is 0 Å². The molecule has 16 heavy (non-hydrogen) atoms. The van der Waals surface area contributed by atoms with E-state index in [1.807, 2.05) is 27.7 Å². The van der Waals surface area contributed by atoms with Crippen LogP contribution >= 0.6 is 15.9 Å². The third-order valence-corrected chi connectivity index (χ3v) is 4.59. The van der Waals surface area contributed by atoms with Crippen LogP contribution < -0.4 is 0 Å². The van der Waals surface area contributed by atoms with Crippen LogP contribution in [-0.4, -0.2) is 27.2 Å². The molecule has 0 amide bonds. The zero-order chi connectivity index (χ0) is 12.7. The summed E-state index contributed by atoms with van der Waals surface area (Å²) in [5.74, 6) is -0.842. The van der Waals surface area contributed by atoms with Gasteiger partial charge in [-0.1, -0.05) is 15.9 Å². The van der Waals surface area contributed by atoms with E-state index < -0.39 is 17.0 Å². The Hall–Kier alpha value is -0.390. The lowest BCUT2D eigenvalue weighted by Crippen LogP contribution is -2.47. The zero-order valence-electron chi connectivity index (χ0n) is 10.0. The molecule has 0 spiro atoms. The van der Waals surface area contributed by atoms with Crippen molar-refractivity contribution in [1.82, 2.24) is 5.06 Å². The molecule has 91 valence electrons. The molecular weight excluding hydrogens is 274 g/mol. The second-order valence-electron chi connectivity index (χ2n) is 5.10. The molecule has 5 heteroatoms. The highest BCUT2D eigenvalue weighted by Crippen LogP contribution is 2.48. The molecular formula is C11H17BrNO3. The normalized spacial score (nSPS) is 23.9. The lowest BCUT2D eigenvalue weighted by molar-refractivity contribution is -0.239. The van der Waals surface area contributed by atoms with Crippen LogP contribution in [0.3, 0.4) is 0 Å². The number of carbonyl (C=O) groups is 1. The summed E-state index contributed by atoms with van der Waals surface area (Å²) in [4.78, 5) is 10.6. The van der Waals surface area contributed by atoms with Crippen molar-refractivity contribution < 1.29 is 15.1 Å². The van der Waals surface area contributed by atoms with Crippen LogP contribution in [0, 0.1) is 0 Å². The maximum absolute atomic E-state index is 12.1. The molecule has 1 rings (SSSR count). The largest absolute Gasteiger partial charge is 0.481 e. The molecule has 0 aromatic carbocycles. The molecule has 0 aliphatic carbocycles. The fraction of sp³-hybridized carbons (Fsp3) is 0.727. The van der Waals surface area contributed by atoms with Crippen LogP contribution in [0.2, 0.25) is 0 Å². The minimum absolute atomic E-state index is 0.0534. The van der Waals surface area contributed by atoms with E-state index in [0.717, 1.165) is 15.1 Å². The number of hydrogen-bond acceptors (Lipinski definition) is 2. The van der Waals surface area contributed by atoms with Gasteiger partial charge in [0.1, 0.15) is 0 Å². The lowest BCUT2D eigenvalue weighted by atomic mass is 9.92. The predicted octanol–water partition coefficient (Wildman–Crippen LogP) is 2.72. The van der Waals surface area contributed by atoms with Gasteiger partial charge in [0.15, 0.2) is 0 Å². The Morgan fingerprint density at radius 3 is 2.12 bits per heavy atom. The smallest absolute Gasteiger partial charge is 0.303 e. The number of hydrogen-bond donors (Lipinski definition) is 1. The lowest BCUT2D eigenvalue weighted by Gasteiger charge is -2.34. The summed E-state index contributed by atoms with van der Waals surface area (Å²) >= 11 is 3.44. The third kappa shape index (κ3) is 2.04. The van der Waals surface area contributed by atoms with Crippen LogP contribution in [0.4, 0.5) is 0 Å². The molecule has 0 aromatic heterocycles. The average molecular weight is 291 g/mol. The Morgan fingerprint density at radius 1 is 1.31 bits per heavy atom. The van der Waals surface area contributed by atoms with Gasteiger partial charge in [0.25, 0.3) is 0 Å². The molecule has 1 N–H and O–H groups in total. The minimum Gasteiger partial charge on any atom is -0.481 e. The first-order valence-corrected chi connectivity index (χ1v) is 6.00. The molecule has 0 bridgehead atoms. The average Bonchev–Trinajstić information content (AvgIpc) is 2.24. The highest BCUT2D eigenvalue weighted by molar-refractivity contribution is 9.11. The van der Waals surface area contributed by atoms with E-state index >= 15 is 0 Å². The van der Waals surface area contributed by atoms with Gasteiger partial charge in [-0.15, -0.1) is 10.3 Å². The number of rotatable bonds is 3. The number of hydroxylamine groups is 2. The van der Waals surface area contributed by atoms with E-state index in [2.05, 4.69) is 15.9 Å². The fourth-order valence-corrected chi connectivity index (χ4v) is 3.04. The van der Waals surface area contributed by atoms with Crippen LogP contribution in [0.1, 0.15) is 40.5 Å². The van der Waals surface area contributed by atoms with E-state index in [1.54, 1.807) is 0 Å². The molecule has 1 aliphatic heterocycles. The first-order chi connectivity index (χ1) is 7.11. The summed E-state index contributed by atoms with van der Waals surface area (Å²) in [6, 6.07) is 0. The Bertz CT molecular complexity index is 347. The Balaban J connectivity index is 3.04. The minimum atomic E-state index is -0.842. The molecule has 0 saturated heterocycles. The van der Waals surface area contributed by atoms with Gasteiger partial charge in [0.2, 0.25) is 0 Å². The van der Waals surface area contributed by atoms with Crippen LogP contribution in [0.15, 0.2) is 10.1 Å². The summed E-state index contributed by atoms with van der Waals surface area (Å²) < 4.78 is 0.821. The van der Waals surface area contributed by atoms with E-state index in [4.69, 9.17) is 5.11 Å². The zero-order valence-corrected chi connectivity index (χ0v) is 11.6. The summed E-state index contributed by atoms with van der Waals surface area (Å²) in [6.07, 6.45) is 0.461. The molecule has 0 unspecified atom stereocenters. The monoisotopic (exact) mass is 290 g/mol. The molecule has 4 nitrogen and oxygen atoms in total. The van der Waals surface area contributed by atoms with Gasteiger partial charge in [0, 0.05) is 10.9 Å². The van der Waals surface area contributed by atoms with Gasteiger partial charge in [-0.05, 0) is 39.7 Å². The fourth-order valence-electron chi connectivity index (χ4n) is 2.20. The highest BCUT2D eigenvalue weighted by atomic mass is 79.9. The summed E-state index contributed by atoms with van der Waals surface area (Å²) in [7, 11) is 0. The van der Waals surface area contributed by atoms with Gasteiger partial charge >= 0.3 is 5.97 Å². The number of aliphatic carboxylic acids is 1. The maximum Gasteiger partial charge on any atom is 0.303 e. The number of carboxylic acid groups (broad SMARTS) is 1. The Morgan fingerprint density at radius 2 is 1.81 bits per heavy atom. The summed E-state index contributed by atoms with van der Waals surface area (Å²) in [5.41, 5.74) is -0.371. The van der Waals surface area contributed by atoms with Gasteiger partial charge in [-0.3, -0.25) is 4.79 Å². The van der Waals surface area contributed by atoms with E-state index in [1.165, 1.54) is 0 Å². The number of carboxylic acids is 1. The van der Waals surface area contributed by atoms with Crippen molar-refractivity contribution in [3.63, 3.8) is 0 Å². The predicted molar refractivity (Wildman–Crippen MR) is 63.5 cm³/mol. The molecule has 0 atom stereocenters. The molecule has 0 aromatic rings. The quantitative estimate of drug-likeness (QED) is 0.869. The van der Waals surface area contributed by atoms with Crippen LogP contribution in [0.5, 0.6) is 0 Å². The van der Waals surface area contributed by atoms with Crippen LogP contribution in [-0.2, 0) is 10.0 Å². The SMILES string of the molecule is CC1(C)C(Br)=C(CCC(=O)O)C(C)(C)N1[O]. The molecule has 0 saturated carbocycles. The second-order valence-corrected chi connectivity index (χ2v) is 5.89. The van der Waals surface area contributed by atoms with Crippen molar-refractivity contribution in [3.05, 3.63) is 10.1 Å². The Labute approximate surface area is 104 Å². The van der Waals surface area contributed by atoms with Gasteiger partial charge in [-0.25, -0.2) is 0 Å². The molecule has 1 radical (unpaired) electrons. The van der Waals surface area contributed by atoms with Crippen molar-refractivity contribution >= 4 is 21.9 Å². The standard InChI is InChI=1S/C11H17BrNO3/c1-10(2)7(5-6-8(14)15)9(12)11(3,4)13(10)16/h5-6H2,1-4H3,(H,14,15). The highest BCUT2D eigenvalue weighted by Gasteiger charge is 2.50. The van der Waals surface area contributed by atoms with E-state index in [-0.39, 0.29) is 6.42 Å². The maximum atomic E-state index is 12.1.